The van der Waals surface area contributed by atoms with Crippen LogP contribution in [0.3, 0.4) is 0 Å². The summed E-state index contributed by atoms with van der Waals surface area (Å²) in [5.74, 6) is -3.34. The molecule has 0 aromatic heterocycles. The van der Waals surface area contributed by atoms with E-state index in [4.69, 9.17) is 0 Å². The van der Waals surface area contributed by atoms with Crippen LogP contribution in [0.5, 0.6) is 0 Å². The number of hydrogen-bond donors (Lipinski definition) is 5. The Bertz CT molecular complexity index is 1390. The number of amides is 3. The highest BCUT2D eigenvalue weighted by molar-refractivity contribution is 7.99. The van der Waals surface area contributed by atoms with E-state index in [2.05, 4.69) is 26.6 Å². The largest absolute Gasteiger partial charge is 0.416 e. The summed E-state index contributed by atoms with van der Waals surface area (Å²) in [6.07, 6.45) is -6.61. The van der Waals surface area contributed by atoms with E-state index in [0.29, 0.717) is 5.69 Å². The second-order valence-electron chi connectivity index (χ2n) is 9.11. The lowest BCUT2D eigenvalue weighted by molar-refractivity contribution is -0.144. The molecule has 3 amide bonds. The van der Waals surface area contributed by atoms with Crippen LogP contribution in [-0.2, 0) is 20.6 Å². The fourth-order valence-corrected chi connectivity index (χ4v) is 5.53. The summed E-state index contributed by atoms with van der Waals surface area (Å²) in [6, 6.07) is 21.4. The number of rotatable bonds is 6. The first-order chi connectivity index (χ1) is 18.7. The van der Waals surface area contributed by atoms with Gasteiger partial charge in [0.2, 0.25) is 17.7 Å². The molecule has 2 heterocycles. The lowest BCUT2D eigenvalue weighted by Crippen LogP contribution is -2.72. The van der Waals surface area contributed by atoms with Gasteiger partial charge < -0.3 is 21.3 Å². The van der Waals surface area contributed by atoms with Crippen molar-refractivity contribution in [2.75, 3.05) is 10.6 Å². The van der Waals surface area contributed by atoms with Gasteiger partial charge in [-0.05, 0) is 42.5 Å². The summed E-state index contributed by atoms with van der Waals surface area (Å²) in [7, 11) is 0. The number of carbonyl (C=O) groups is 3. The van der Waals surface area contributed by atoms with Crippen LogP contribution in [0.2, 0.25) is 0 Å². The first kappa shape index (κ1) is 26.6. The summed E-state index contributed by atoms with van der Waals surface area (Å²) in [5.41, 5.74) is -0.182. The average molecular weight is 556 g/mol. The van der Waals surface area contributed by atoms with Gasteiger partial charge in [-0.25, -0.2) is 0 Å². The average Bonchev–Trinajstić information content (AvgIpc) is 2.89. The molecule has 4 unspecified atom stereocenters. The maximum absolute atomic E-state index is 13.4. The molecule has 0 spiro atoms. The molecular weight excluding hydrogens is 531 g/mol. The molecule has 2 aliphatic heterocycles. The molecule has 2 aliphatic rings. The molecule has 2 saturated heterocycles. The van der Waals surface area contributed by atoms with Gasteiger partial charge in [0.15, 0.2) is 6.29 Å². The van der Waals surface area contributed by atoms with Gasteiger partial charge in [-0.15, -0.1) is 0 Å². The smallest absolute Gasteiger partial charge is 0.353 e. The Morgan fingerprint density at radius 1 is 0.923 bits per heavy atom. The summed E-state index contributed by atoms with van der Waals surface area (Å²) in [4.78, 5) is 40.8. The normalized spacial score (nSPS) is 22.7. The maximum Gasteiger partial charge on any atom is 0.416 e. The topological polar surface area (TPSA) is 111 Å². The van der Waals surface area contributed by atoms with Crippen LogP contribution in [0.15, 0.2) is 88.7 Å². The van der Waals surface area contributed by atoms with Gasteiger partial charge in [-0.3, -0.25) is 19.7 Å². The van der Waals surface area contributed by atoms with Gasteiger partial charge in [0.1, 0.15) is 0 Å². The van der Waals surface area contributed by atoms with E-state index >= 15 is 0 Å². The van der Waals surface area contributed by atoms with Crippen LogP contribution < -0.4 is 26.6 Å². The van der Waals surface area contributed by atoms with Crippen LogP contribution in [0.25, 0.3) is 0 Å². The Hall–Kier alpha value is -4.03. The third-order valence-electron chi connectivity index (χ3n) is 6.40. The molecule has 0 bridgehead atoms. The second-order valence-corrected chi connectivity index (χ2v) is 10.2. The van der Waals surface area contributed by atoms with Gasteiger partial charge in [-0.2, -0.15) is 13.2 Å². The first-order valence-electron chi connectivity index (χ1n) is 12.1. The quantitative estimate of drug-likeness (QED) is 0.315. The van der Waals surface area contributed by atoms with Crippen LogP contribution in [-0.4, -0.2) is 30.2 Å². The fourth-order valence-electron chi connectivity index (χ4n) is 4.61. The van der Waals surface area contributed by atoms with Gasteiger partial charge in [0, 0.05) is 21.9 Å². The lowest BCUT2D eigenvalue weighted by Gasteiger charge is -2.43. The van der Waals surface area contributed by atoms with Crippen LogP contribution >= 0.6 is 11.8 Å². The third-order valence-corrected chi connectivity index (χ3v) is 7.49. The summed E-state index contributed by atoms with van der Waals surface area (Å²) < 4.78 is 39.2. The van der Waals surface area contributed by atoms with Crippen molar-refractivity contribution in [1.29, 1.82) is 0 Å². The molecule has 5 rings (SSSR count). The summed E-state index contributed by atoms with van der Waals surface area (Å²) >= 11 is 1.47. The summed E-state index contributed by atoms with van der Waals surface area (Å²) in [5, 5.41) is 14.0. The predicted molar refractivity (Wildman–Crippen MR) is 139 cm³/mol. The molecule has 2 fully saturated rings. The molecule has 0 radical (unpaired) electrons. The van der Waals surface area contributed by atoms with Crippen molar-refractivity contribution in [3.63, 3.8) is 0 Å². The number of alkyl halides is 3. The standard InChI is InChI=1S/C27H24F3N5O3S/c28-27(29,30)15-7-6-8-16(13-15)31-26-34-23-22(25(38)35-26)18(14-21(36)33-23)24(37)32-19-11-4-5-12-20(19)39-17-9-2-1-3-10-17/h1-13,18,22-23,26,31,34H,14H2,(H,32,37)(H,33,36)(H,35,38). The Morgan fingerprint density at radius 3 is 2.44 bits per heavy atom. The second kappa shape index (κ2) is 11.0. The zero-order valence-electron chi connectivity index (χ0n) is 20.3. The van der Waals surface area contributed by atoms with Gasteiger partial charge in [0.25, 0.3) is 0 Å². The molecule has 0 saturated carbocycles. The maximum atomic E-state index is 13.4. The number of nitrogens with one attached hydrogen (secondary N) is 5. The Balaban J connectivity index is 1.30. The van der Waals surface area contributed by atoms with Crippen LogP contribution in [0.1, 0.15) is 12.0 Å². The molecule has 3 aromatic carbocycles. The van der Waals surface area contributed by atoms with E-state index < -0.39 is 53.8 Å². The molecule has 5 N–H and O–H groups in total. The van der Waals surface area contributed by atoms with Crippen molar-refractivity contribution in [3.05, 3.63) is 84.4 Å². The van der Waals surface area contributed by atoms with E-state index in [1.165, 1.54) is 23.9 Å². The van der Waals surface area contributed by atoms with E-state index in [0.717, 1.165) is 21.9 Å². The Labute approximate surface area is 226 Å². The minimum atomic E-state index is -4.53. The summed E-state index contributed by atoms with van der Waals surface area (Å²) in [6.45, 7) is 0. The molecule has 3 aromatic rings. The monoisotopic (exact) mass is 555 g/mol. The number of carbonyl (C=O) groups excluding carboxylic acids is 3. The molecule has 202 valence electrons. The molecule has 8 nitrogen and oxygen atoms in total. The minimum Gasteiger partial charge on any atom is -0.353 e. The molecular formula is C27H24F3N5O3S. The number of hydrogen-bond acceptors (Lipinski definition) is 6. The predicted octanol–water partition coefficient (Wildman–Crippen LogP) is 3.99. The number of benzene rings is 3. The molecule has 39 heavy (non-hydrogen) atoms. The number of para-hydroxylation sites is 1. The van der Waals surface area contributed by atoms with Crippen LogP contribution in [0, 0.1) is 11.8 Å². The number of halogens is 3. The zero-order chi connectivity index (χ0) is 27.6. The highest BCUT2D eigenvalue weighted by Gasteiger charge is 2.48. The van der Waals surface area contributed by atoms with E-state index in [1.807, 2.05) is 42.5 Å². The number of piperidine rings is 1. The van der Waals surface area contributed by atoms with Gasteiger partial charge in [0.05, 0.1) is 29.3 Å². The van der Waals surface area contributed by atoms with Crippen molar-refractivity contribution in [3.8, 4) is 0 Å². The zero-order valence-corrected chi connectivity index (χ0v) is 21.1. The van der Waals surface area contributed by atoms with Crippen molar-refractivity contribution in [2.45, 2.75) is 34.8 Å². The number of fused-ring (bicyclic) bond motifs is 1. The minimum absolute atomic E-state index is 0.116. The Morgan fingerprint density at radius 2 is 1.67 bits per heavy atom. The number of anilines is 2. The molecule has 12 heteroatoms. The molecule has 4 atom stereocenters. The van der Waals surface area contributed by atoms with Gasteiger partial charge in [-0.1, -0.05) is 48.2 Å². The van der Waals surface area contributed by atoms with Gasteiger partial charge >= 0.3 is 6.18 Å². The SMILES string of the molecule is O=C1CC(C(=O)Nc2ccccc2Sc2ccccc2)C2C(=O)NC(Nc3cccc(C(F)(F)F)c3)NC2N1. The first-order valence-corrected chi connectivity index (χ1v) is 12.9. The third kappa shape index (κ3) is 6.18. The van der Waals surface area contributed by atoms with Crippen LogP contribution in [0.4, 0.5) is 24.5 Å². The molecule has 0 aliphatic carbocycles. The van der Waals surface area contributed by atoms with Crippen molar-refractivity contribution in [2.24, 2.45) is 11.8 Å². The van der Waals surface area contributed by atoms with Crippen molar-refractivity contribution < 1.29 is 27.6 Å². The van der Waals surface area contributed by atoms with Crippen molar-refractivity contribution in [1.82, 2.24) is 16.0 Å². The lowest BCUT2D eigenvalue weighted by atomic mass is 9.81. The fraction of sp³-hybridized carbons (Fsp3) is 0.222. The highest BCUT2D eigenvalue weighted by Crippen LogP contribution is 2.35. The van der Waals surface area contributed by atoms with Crippen molar-refractivity contribution >= 4 is 40.9 Å². The van der Waals surface area contributed by atoms with E-state index in [-0.39, 0.29) is 12.1 Å². The van der Waals surface area contributed by atoms with E-state index in [1.54, 1.807) is 12.1 Å². The van der Waals surface area contributed by atoms with E-state index in [9.17, 15) is 27.6 Å². The Kier molecular flexibility index (Phi) is 7.49. The highest BCUT2D eigenvalue weighted by atomic mass is 32.2.